The van der Waals surface area contributed by atoms with Crippen molar-refractivity contribution in [2.24, 2.45) is 0 Å². The minimum Gasteiger partial charge on any atom is -0.456 e. The maximum Gasteiger partial charge on any atom is 0.333 e. The number of hydrogen-bond donors (Lipinski definition) is 1. The van der Waals surface area contributed by atoms with Gasteiger partial charge in [0, 0.05) is 48.0 Å². The van der Waals surface area contributed by atoms with E-state index >= 15 is 0 Å². The van der Waals surface area contributed by atoms with Gasteiger partial charge in [0.2, 0.25) is 12.4 Å². The van der Waals surface area contributed by atoms with Gasteiger partial charge in [-0.25, -0.2) is 4.79 Å². The summed E-state index contributed by atoms with van der Waals surface area (Å²) in [4.78, 5) is 52.2. The van der Waals surface area contributed by atoms with Crippen LogP contribution in [0.15, 0.2) is 36.5 Å². The highest BCUT2D eigenvalue weighted by Gasteiger charge is 2.49. The third-order valence-electron chi connectivity index (χ3n) is 5.49. The minimum atomic E-state index is -1.38. The van der Waals surface area contributed by atoms with Gasteiger partial charge in [0.25, 0.3) is 0 Å². The van der Waals surface area contributed by atoms with Crippen LogP contribution in [0.4, 0.5) is 0 Å². The first-order chi connectivity index (χ1) is 17.4. The van der Waals surface area contributed by atoms with Gasteiger partial charge in [-0.05, 0) is 18.6 Å². The smallest absolute Gasteiger partial charge is 0.333 e. The molecule has 1 saturated heterocycles. The molecule has 0 aliphatic carbocycles. The van der Waals surface area contributed by atoms with E-state index in [1.54, 1.807) is 33.0 Å². The maximum absolute atomic E-state index is 12.6. The molecule has 1 aliphatic heterocycles. The number of H-pyrrole nitrogens is 1. The van der Waals surface area contributed by atoms with Gasteiger partial charge in [0.15, 0.2) is 12.2 Å². The van der Waals surface area contributed by atoms with Crippen molar-refractivity contribution in [3.8, 4) is 0 Å². The molecule has 1 fully saturated rings. The van der Waals surface area contributed by atoms with Gasteiger partial charge >= 0.3 is 23.9 Å². The van der Waals surface area contributed by atoms with Crippen LogP contribution in [0.3, 0.4) is 0 Å². The molecule has 1 aliphatic rings. The highest BCUT2D eigenvalue weighted by molar-refractivity contribution is 5.94. The predicted molar refractivity (Wildman–Crippen MR) is 128 cm³/mol. The Hall–Kier alpha value is -3.66. The first-order valence-corrected chi connectivity index (χ1v) is 12.0. The van der Waals surface area contributed by atoms with E-state index < -0.39 is 48.5 Å². The Balaban J connectivity index is 1.80. The fourth-order valence-electron chi connectivity index (χ4n) is 3.66. The maximum atomic E-state index is 12.6. The van der Waals surface area contributed by atoms with E-state index in [0.29, 0.717) is 6.42 Å². The standard InChI is InChI=1S/C26H31NO9/c1-4-9-22(30)35-24-19(33-20(28)5-2)15-32-26(25(24)34-21(29)6-3)36-23(31)13-12-16-14-27-18-11-8-7-10-17(16)18/h7-8,10-14,19,24-27H,4-6,9,15H2,1-3H3/b13-12+/t19-,24-,25-,26+/m1/s1. The average Bonchev–Trinajstić information content (AvgIpc) is 3.29. The van der Waals surface area contributed by atoms with Crippen LogP contribution in [0, 0.1) is 0 Å². The van der Waals surface area contributed by atoms with E-state index in [2.05, 4.69) is 4.98 Å². The number of esters is 4. The van der Waals surface area contributed by atoms with E-state index in [9.17, 15) is 19.2 Å². The molecule has 0 unspecified atom stereocenters. The van der Waals surface area contributed by atoms with Gasteiger partial charge in [-0.15, -0.1) is 0 Å². The summed E-state index contributed by atoms with van der Waals surface area (Å²) >= 11 is 0. The van der Waals surface area contributed by atoms with Crippen molar-refractivity contribution in [2.45, 2.75) is 71.1 Å². The monoisotopic (exact) mass is 501 g/mol. The molecular formula is C26H31NO9. The molecule has 36 heavy (non-hydrogen) atoms. The van der Waals surface area contributed by atoms with E-state index in [4.69, 9.17) is 23.7 Å². The fourth-order valence-corrected chi connectivity index (χ4v) is 3.66. The molecule has 3 rings (SSSR count). The zero-order valence-corrected chi connectivity index (χ0v) is 20.6. The van der Waals surface area contributed by atoms with E-state index in [1.165, 1.54) is 6.08 Å². The van der Waals surface area contributed by atoms with Gasteiger partial charge in [-0.2, -0.15) is 0 Å². The number of fused-ring (bicyclic) bond motifs is 1. The predicted octanol–water partition coefficient (Wildman–Crippen LogP) is 3.44. The van der Waals surface area contributed by atoms with Crippen LogP contribution in [0.1, 0.15) is 52.0 Å². The van der Waals surface area contributed by atoms with Gasteiger partial charge in [0.05, 0.1) is 6.61 Å². The molecule has 2 heterocycles. The molecule has 1 aromatic carbocycles. The summed E-state index contributed by atoms with van der Waals surface area (Å²) in [5, 5.41) is 0.925. The highest BCUT2D eigenvalue weighted by Crippen LogP contribution is 2.27. The first kappa shape index (κ1) is 26.9. The molecule has 0 radical (unpaired) electrons. The van der Waals surface area contributed by atoms with Gasteiger partial charge in [-0.1, -0.05) is 39.0 Å². The highest BCUT2D eigenvalue weighted by atomic mass is 16.7. The molecule has 0 spiro atoms. The number of nitrogens with one attached hydrogen (secondary N) is 1. The van der Waals surface area contributed by atoms with E-state index in [1.807, 2.05) is 24.3 Å². The Morgan fingerprint density at radius 2 is 1.64 bits per heavy atom. The van der Waals surface area contributed by atoms with Crippen LogP contribution in [-0.2, 0) is 42.9 Å². The van der Waals surface area contributed by atoms with Crippen molar-refractivity contribution in [1.29, 1.82) is 0 Å². The molecular weight excluding hydrogens is 470 g/mol. The van der Waals surface area contributed by atoms with Crippen LogP contribution >= 0.6 is 0 Å². The number of carbonyl (C=O) groups is 4. The van der Waals surface area contributed by atoms with Crippen molar-refractivity contribution < 1.29 is 42.9 Å². The molecule has 4 atom stereocenters. The zero-order chi connectivity index (χ0) is 26.1. The lowest BCUT2D eigenvalue weighted by molar-refractivity contribution is -0.273. The number of aromatic nitrogens is 1. The van der Waals surface area contributed by atoms with Gasteiger partial charge < -0.3 is 28.7 Å². The van der Waals surface area contributed by atoms with Crippen molar-refractivity contribution in [3.05, 3.63) is 42.1 Å². The summed E-state index contributed by atoms with van der Waals surface area (Å²) in [5.41, 5.74) is 1.69. The Morgan fingerprint density at radius 1 is 0.944 bits per heavy atom. The van der Waals surface area contributed by atoms with E-state index in [0.717, 1.165) is 16.5 Å². The molecule has 1 N–H and O–H groups in total. The second-order valence-electron chi connectivity index (χ2n) is 8.16. The minimum absolute atomic E-state index is 0.0205. The molecule has 10 nitrogen and oxygen atoms in total. The molecule has 0 saturated carbocycles. The molecule has 10 heteroatoms. The third-order valence-corrected chi connectivity index (χ3v) is 5.49. The van der Waals surface area contributed by atoms with Crippen LogP contribution in [0.5, 0.6) is 0 Å². The topological polar surface area (TPSA) is 130 Å². The number of rotatable bonds is 10. The van der Waals surface area contributed by atoms with Crippen LogP contribution in [0.2, 0.25) is 0 Å². The number of ether oxygens (including phenoxy) is 5. The van der Waals surface area contributed by atoms with Crippen LogP contribution < -0.4 is 0 Å². The van der Waals surface area contributed by atoms with Gasteiger partial charge in [0.1, 0.15) is 0 Å². The Bertz CT molecular complexity index is 1110. The SMILES string of the molecule is CCCC(=O)O[C@H]1[C@@H](OC(=O)CC)[C@H](OC(=O)/C=C/c2c[nH]c3ccccc23)OC[C@H]1OC(=O)CC. The summed E-state index contributed by atoms with van der Waals surface area (Å²) in [6, 6.07) is 7.60. The van der Waals surface area contributed by atoms with Crippen LogP contribution in [0.25, 0.3) is 17.0 Å². The number of benzene rings is 1. The van der Waals surface area contributed by atoms with E-state index in [-0.39, 0.29) is 25.9 Å². The van der Waals surface area contributed by atoms with Crippen LogP contribution in [-0.4, -0.2) is 60.1 Å². The molecule has 2 aromatic rings. The van der Waals surface area contributed by atoms with Crippen molar-refractivity contribution in [1.82, 2.24) is 4.98 Å². The summed E-state index contributed by atoms with van der Waals surface area (Å²) < 4.78 is 27.4. The molecule has 1 aromatic heterocycles. The number of aromatic amines is 1. The summed E-state index contributed by atoms with van der Waals surface area (Å²) in [6.45, 7) is 4.78. The first-order valence-electron chi connectivity index (χ1n) is 12.0. The number of para-hydroxylation sites is 1. The lowest BCUT2D eigenvalue weighted by Gasteiger charge is -2.39. The largest absolute Gasteiger partial charge is 0.456 e. The average molecular weight is 502 g/mol. The summed E-state index contributed by atoms with van der Waals surface area (Å²) in [7, 11) is 0. The quantitative estimate of drug-likeness (QED) is 0.295. The molecule has 0 bridgehead atoms. The Kier molecular flexibility index (Phi) is 9.63. The number of hydrogen-bond acceptors (Lipinski definition) is 9. The fraction of sp³-hybridized carbons (Fsp3) is 0.462. The molecule has 0 amide bonds. The lowest BCUT2D eigenvalue weighted by atomic mass is 10.0. The Morgan fingerprint density at radius 3 is 2.36 bits per heavy atom. The van der Waals surface area contributed by atoms with Crippen molar-refractivity contribution in [2.75, 3.05) is 6.61 Å². The van der Waals surface area contributed by atoms with Crippen molar-refractivity contribution >= 4 is 40.9 Å². The molecule has 194 valence electrons. The number of carbonyl (C=O) groups excluding carboxylic acids is 4. The summed E-state index contributed by atoms with van der Waals surface area (Å²) in [5.74, 6) is -2.50. The second-order valence-corrected chi connectivity index (χ2v) is 8.16. The lowest BCUT2D eigenvalue weighted by Crippen LogP contribution is -2.58. The summed E-state index contributed by atoms with van der Waals surface area (Å²) in [6.07, 6.45) is 0.353. The Labute approximate surface area is 208 Å². The van der Waals surface area contributed by atoms with Crippen molar-refractivity contribution in [3.63, 3.8) is 0 Å². The normalized spacial score (nSPS) is 21.8. The second kappa shape index (κ2) is 12.9. The van der Waals surface area contributed by atoms with Gasteiger partial charge in [-0.3, -0.25) is 14.4 Å². The third kappa shape index (κ3) is 6.94. The zero-order valence-electron chi connectivity index (χ0n) is 20.6.